The van der Waals surface area contributed by atoms with Crippen LogP contribution in [0.4, 0.5) is 4.39 Å². The van der Waals surface area contributed by atoms with Gasteiger partial charge in [0.15, 0.2) is 5.78 Å². The summed E-state index contributed by atoms with van der Waals surface area (Å²) in [6.45, 7) is 1.65. The predicted octanol–water partition coefficient (Wildman–Crippen LogP) is 1.46. The lowest BCUT2D eigenvalue weighted by Gasteiger charge is -2.07. The normalized spacial score (nSPS) is 10.5. The SMILES string of the molecule is Cc1nccn1-c1ccc(C(=O)CN)cc1F. The van der Waals surface area contributed by atoms with Crippen LogP contribution in [0.2, 0.25) is 0 Å². The highest BCUT2D eigenvalue weighted by atomic mass is 19.1. The fourth-order valence-corrected chi connectivity index (χ4v) is 1.63. The van der Waals surface area contributed by atoms with Gasteiger partial charge < -0.3 is 10.3 Å². The maximum Gasteiger partial charge on any atom is 0.176 e. The van der Waals surface area contributed by atoms with Gasteiger partial charge >= 0.3 is 0 Å². The zero-order chi connectivity index (χ0) is 12.4. The molecule has 2 aromatic rings. The Morgan fingerprint density at radius 3 is 2.82 bits per heavy atom. The van der Waals surface area contributed by atoms with Gasteiger partial charge in [0.2, 0.25) is 0 Å². The van der Waals surface area contributed by atoms with E-state index in [0.717, 1.165) is 0 Å². The topological polar surface area (TPSA) is 60.9 Å². The van der Waals surface area contributed by atoms with Crippen molar-refractivity contribution in [1.29, 1.82) is 0 Å². The first-order valence-corrected chi connectivity index (χ1v) is 5.16. The van der Waals surface area contributed by atoms with Crippen molar-refractivity contribution in [2.45, 2.75) is 6.92 Å². The van der Waals surface area contributed by atoms with E-state index >= 15 is 0 Å². The Kier molecular flexibility index (Phi) is 3.01. The molecule has 0 fully saturated rings. The third-order valence-corrected chi connectivity index (χ3v) is 2.54. The average molecular weight is 233 g/mol. The van der Waals surface area contributed by atoms with Gasteiger partial charge in [0.25, 0.3) is 0 Å². The smallest absolute Gasteiger partial charge is 0.176 e. The first-order valence-electron chi connectivity index (χ1n) is 5.16. The van der Waals surface area contributed by atoms with Crippen LogP contribution in [-0.2, 0) is 0 Å². The lowest BCUT2D eigenvalue weighted by Crippen LogP contribution is -2.14. The van der Waals surface area contributed by atoms with E-state index in [1.165, 1.54) is 6.07 Å². The molecular weight excluding hydrogens is 221 g/mol. The maximum absolute atomic E-state index is 13.8. The van der Waals surface area contributed by atoms with E-state index < -0.39 is 5.82 Å². The second-order valence-corrected chi connectivity index (χ2v) is 3.64. The lowest BCUT2D eigenvalue weighted by molar-refractivity contribution is 0.100. The summed E-state index contributed by atoms with van der Waals surface area (Å²) in [7, 11) is 0. The Bertz CT molecular complexity index is 563. The van der Waals surface area contributed by atoms with E-state index in [1.54, 1.807) is 36.0 Å². The molecule has 0 aliphatic heterocycles. The summed E-state index contributed by atoms with van der Waals surface area (Å²) in [5.74, 6) is -0.0648. The third kappa shape index (κ3) is 2.09. The van der Waals surface area contributed by atoms with E-state index in [9.17, 15) is 9.18 Å². The van der Waals surface area contributed by atoms with Gasteiger partial charge in [-0.2, -0.15) is 0 Å². The van der Waals surface area contributed by atoms with Crippen molar-refractivity contribution >= 4 is 5.78 Å². The predicted molar refractivity (Wildman–Crippen MR) is 61.6 cm³/mol. The Labute approximate surface area is 97.9 Å². The van der Waals surface area contributed by atoms with Crippen LogP contribution in [0.15, 0.2) is 30.6 Å². The summed E-state index contributed by atoms with van der Waals surface area (Å²) in [6, 6.07) is 4.31. The second kappa shape index (κ2) is 4.47. The quantitative estimate of drug-likeness (QED) is 0.816. The van der Waals surface area contributed by atoms with Crippen LogP contribution in [0.1, 0.15) is 16.2 Å². The number of carbonyl (C=O) groups excluding carboxylic acids is 1. The summed E-state index contributed by atoms with van der Waals surface area (Å²) < 4.78 is 15.5. The molecule has 1 heterocycles. The number of carbonyl (C=O) groups is 1. The number of hydrogen-bond acceptors (Lipinski definition) is 3. The number of hydrogen-bond donors (Lipinski definition) is 1. The van der Waals surface area contributed by atoms with Crippen LogP contribution < -0.4 is 5.73 Å². The number of aromatic nitrogens is 2. The van der Waals surface area contributed by atoms with Crippen molar-refractivity contribution in [3.05, 3.63) is 47.8 Å². The molecule has 0 saturated carbocycles. The van der Waals surface area contributed by atoms with Gasteiger partial charge in [-0.15, -0.1) is 0 Å². The molecule has 5 heteroatoms. The van der Waals surface area contributed by atoms with Crippen LogP contribution in [0.3, 0.4) is 0 Å². The van der Waals surface area contributed by atoms with Crippen molar-refractivity contribution in [3.8, 4) is 5.69 Å². The zero-order valence-corrected chi connectivity index (χ0v) is 9.35. The molecule has 1 aromatic carbocycles. The molecule has 0 saturated heterocycles. The average Bonchev–Trinajstić information content (AvgIpc) is 2.74. The molecule has 1 aromatic heterocycles. The van der Waals surface area contributed by atoms with Crippen LogP contribution in [0.25, 0.3) is 5.69 Å². The van der Waals surface area contributed by atoms with Crippen LogP contribution >= 0.6 is 0 Å². The molecule has 0 spiro atoms. The van der Waals surface area contributed by atoms with Crippen molar-refractivity contribution in [2.75, 3.05) is 6.54 Å². The summed E-state index contributed by atoms with van der Waals surface area (Å²) in [4.78, 5) is 15.3. The van der Waals surface area contributed by atoms with Crippen molar-refractivity contribution in [3.63, 3.8) is 0 Å². The van der Waals surface area contributed by atoms with E-state index in [1.807, 2.05) is 0 Å². The summed E-state index contributed by atoms with van der Waals surface area (Å²) in [5.41, 5.74) is 5.88. The first kappa shape index (κ1) is 11.5. The lowest BCUT2D eigenvalue weighted by atomic mass is 10.1. The van der Waals surface area contributed by atoms with Gasteiger partial charge in [-0.05, 0) is 25.1 Å². The van der Waals surface area contributed by atoms with Gasteiger partial charge in [-0.25, -0.2) is 9.37 Å². The van der Waals surface area contributed by atoms with E-state index in [0.29, 0.717) is 11.5 Å². The number of halogens is 1. The van der Waals surface area contributed by atoms with E-state index in [2.05, 4.69) is 4.98 Å². The number of nitrogens with two attached hydrogens (primary N) is 1. The minimum absolute atomic E-state index is 0.122. The number of aryl methyl sites for hydroxylation is 1. The highest BCUT2D eigenvalue weighted by molar-refractivity contribution is 5.97. The summed E-state index contributed by atoms with van der Waals surface area (Å²) in [5, 5.41) is 0. The largest absolute Gasteiger partial charge is 0.324 e. The molecule has 0 atom stereocenters. The van der Waals surface area contributed by atoms with Crippen LogP contribution in [-0.4, -0.2) is 21.9 Å². The zero-order valence-electron chi connectivity index (χ0n) is 9.35. The molecular formula is C12H12FN3O. The minimum Gasteiger partial charge on any atom is -0.324 e. The van der Waals surface area contributed by atoms with Gasteiger partial charge in [0.1, 0.15) is 11.6 Å². The van der Waals surface area contributed by atoms with Gasteiger partial charge in [-0.1, -0.05) is 0 Å². The minimum atomic E-state index is -0.467. The van der Waals surface area contributed by atoms with Gasteiger partial charge in [0, 0.05) is 18.0 Å². The Hall–Kier alpha value is -2.01. The van der Waals surface area contributed by atoms with Crippen LogP contribution in [0, 0.1) is 12.7 Å². The van der Waals surface area contributed by atoms with Crippen LogP contribution in [0.5, 0.6) is 0 Å². The number of nitrogens with zero attached hydrogens (tertiary/aromatic N) is 2. The number of Topliss-reactive ketones (excluding diaryl/α,β-unsaturated/α-hetero) is 1. The third-order valence-electron chi connectivity index (χ3n) is 2.54. The second-order valence-electron chi connectivity index (χ2n) is 3.64. The number of rotatable bonds is 3. The summed E-state index contributed by atoms with van der Waals surface area (Å²) >= 11 is 0. The first-order chi connectivity index (χ1) is 8.13. The Balaban J connectivity index is 2.46. The molecule has 0 bridgehead atoms. The summed E-state index contributed by atoms with van der Waals surface area (Å²) in [6.07, 6.45) is 3.26. The molecule has 88 valence electrons. The van der Waals surface area contributed by atoms with Crippen molar-refractivity contribution in [2.24, 2.45) is 5.73 Å². The van der Waals surface area contributed by atoms with Crippen molar-refractivity contribution < 1.29 is 9.18 Å². The molecule has 0 aliphatic carbocycles. The molecule has 17 heavy (non-hydrogen) atoms. The van der Waals surface area contributed by atoms with Crippen molar-refractivity contribution in [1.82, 2.24) is 9.55 Å². The highest BCUT2D eigenvalue weighted by Gasteiger charge is 2.10. The molecule has 0 aliphatic rings. The molecule has 0 radical (unpaired) electrons. The molecule has 0 unspecified atom stereocenters. The number of imidazole rings is 1. The molecule has 0 amide bonds. The van der Waals surface area contributed by atoms with Gasteiger partial charge in [0.05, 0.1) is 12.2 Å². The van der Waals surface area contributed by atoms with E-state index in [4.69, 9.17) is 5.73 Å². The monoisotopic (exact) mass is 233 g/mol. The molecule has 2 N–H and O–H groups in total. The Morgan fingerprint density at radius 2 is 2.29 bits per heavy atom. The number of benzene rings is 1. The molecule has 2 rings (SSSR count). The highest BCUT2D eigenvalue weighted by Crippen LogP contribution is 2.16. The Morgan fingerprint density at radius 1 is 1.53 bits per heavy atom. The fraction of sp³-hybridized carbons (Fsp3) is 0.167. The standard InChI is InChI=1S/C12H12FN3O/c1-8-15-4-5-16(8)11-3-2-9(6-10(11)13)12(17)7-14/h2-6H,7,14H2,1H3. The molecule has 4 nitrogen and oxygen atoms in total. The van der Waals surface area contributed by atoms with Gasteiger partial charge in [-0.3, -0.25) is 4.79 Å². The maximum atomic E-state index is 13.8. The fourth-order valence-electron chi connectivity index (χ4n) is 1.63. The van der Waals surface area contributed by atoms with E-state index in [-0.39, 0.29) is 17.9 Å². The number of ketones is 1.